The highest BCUT2D eigenvalue weighted by atomic mass is 35.5. The maximum Gasteiger partial charge on any atom is 0.200 e. The summed E-state index contributed by atoms with van der Waals surface area (Å²) >= 11 is 5.89. The monoisotopic (exact) mass is 239 g/mol. The highest BCUT2D eigenvalue weighted by Gasteiger charge is 2.38. The topological polar surface area (TPSA) is 64.1 Å². The minimum absolute atomic E-state index is 0.0136. The number of carbonyl (C=O) groups is 1. The molecule has 1 fully saturated rings. The van der Waals surface area contributed by atoms with Gasteiger partial charge in [-0.15, -0.1) is 0 Å². The molecule has 1 aromatic rings. The second-order valence-corrected chi connectivity index (χ2v) is 4.35. The Morgan fingerprint density at radius 3 is 3.25 bits per heavy atom. The molecule has 2 heterocycles. The third-order valence-corrected chi connectivity index (χ3v) is 3.22. The first-order valence-corrected chi connectivity index (χ1v) is 5.60. The molecule has 0 saturated heterocycles. The van der Waals surface area contributed by atoms with Crippen LogP contribution in [0.3, 0.4) is 0 Å². The van der Waals surface area contributed by atoms with E-state index in [9.17, 15) is 4.79 Å². The number of anilines is 1. The number of nitrogens with one attached hydrogen (secondary N) is 1. The van der Waals surface area contributed by atoms with Gasteiger partial charge >= 0.3 is 0 Å². The van der Waals surface area contributed by atoms with E-state index in [0.29, 0.717) is 18.0 Å². The lowest BCUT2D eigenvalue weighted by Crippen LogP contribution is -2.49. The summed E-state index contributed by atoms with van der Waals surface area (Å²) in [6, 6.07) is 0.0136. The molecule has 5 nitrogen and oxygen atoms in total. The van der Waals surface area contributed by atoms with Crippen molar-refractivity contribution in [3.05, 3.63) is 11.5 Å². The summed E-state index contributed by atoms with van der Waals surface area (Å²) in [7, 11) is 0. The molecule has 0 amide bonds. The highest BCUT2D eigenvalue weighted by Crippen LogP contribution is 2.37. The van der Waals surface area contributed by atoms with Crippen molar-refractivity contribution in [2.45, 2.75) is 31.4 Å². The van der Waals surface area contributed by atoms with Crippen LogP contribution in [-0.4, -0.2) is 27.9 Å². The van der Waals surface area contributed by atoms with Crippen LogP contribution < -0.4 is 10.1 Å². The molecule has 2 unspecified atom stereocenters. The predicted octanol–water partition coefficient (Wildman–Crippen LogP) is 1.42. The molecule has 0 radical (unpaired) electrons. The number of Topliss-reactive ketones (excluding diaryl/α,β-unsaturated/α-hetero) is 1. The van der Waals surface area contributed by atoms with Crippen molar-refractivity contribution in [2.24, 2.45) is 0 Å². The summed E-state index contributed by atoms with van der Waals surface area (Å²) in [5.41, 5.74) is 0. The fourth-order valence-electron chi connectivity index (χ4n) is 2.17. The zero-order chi connectivity index (χ0) is 11.1. The van der Waals surface area contributed by atoms with Crippen LogP contribution >= 0.6 is 11.6 Å². The number of fused-ring (bicyclic) bond motifs is 2. The van der Waals surface area contributed by atoms with Crippen LogP contribution in [-0.2, 0) is 4.79 Å². The minimum Gasteiger partial charge on any atom is -0.473 e. The van der Waals surface area contributed by atoms with E-state index in [1.807, 2.05) is 0 Å². The fraction of sp³-hybridized carbons (Fsp3) is 0.500. The third kappa shape index (κ3) is 1.43. The number of rotatable bonds is 0. The molecular weight excluding hydrogens is 230 g/mol. The number of aromatic nitrogens is 2. The molecule has 2 atom stereocenters. The number of ether oxygens (including phenoxy) is 1. The van der Waals surface area contributed by atoms with Gasteiger partial charge in [0, 0.05) is 6.42 Å². The Hall–Kier alpha value is -1.36. The summed E-state index contributed by atoms with van der Waals surface area (Å²) in [4.78, 5) is 19.6. The molecule has 3 rings (SSSR count). The Morgan fingerprint density at radius 1 is 1.50 bits per heavy atom. The van der Waals surface area contributed by atoms with Gasteiger partial charge in [0.05, 0.1) is 6.04 Å². The first-order valence-electron chi connectivity index (χ1n) is 5.22. The summed E-state index contributed by atoms with van der Waals surface area (Å²) in [5, 5.41) is 3.43. The Labute approximate surface area is 97.2 Å². The molecule has 0 bridgehead atoms. The van der Waals surface area contributed by atoms with Crippen LogP contribution in [0.15, 0.2) is 6.33 Å². The molecule has 1 aliphatic carbocycles. The number of hydrogen-bond donors (Lipinski definition) is 1. The molecular formula is C10H10ClN3O2. The van der Waals surface area contributed by atoms with Gasteiger partial charge in [-0.05, 0) is 12.8 Å². The molecule has 1 N–H and O–H groups in total. The van der Waals surface area contributed by atoms with Gasteiger partial charge in [0.1, 0.15) is 6.33 Å². The molecule has 2 aliphatic rings. The number of nitrogens with zero attached hydrogens (tertiary/aromatic N) is 2. The van der Waals surface area contributed by atoms with Crippen molar-refractivity contribution in [3.8, 4) is 5.75 Å². The van der Waals surface area contributed by atoms with Gasteiger partial charge < -0.3 is 10.1 Å². The van der Waals surface area contributed by atoms with Crippen LogP contribution in [0.25, 0.3) is 0 Å². The molecule has 6 heteroatoms. The predicted molar refractivity (Wildman–Crippen MR) is 57.7 cm³/mol. The van der Waals surface area contributed by atoms with Gasteiger partial charge in [0.25, 0.3) is 0 Å². The standard InChI is InChI=1S/C10H10ClN3O2/c11-9-8-10(13-4-12-9)14-5-2-1-3-6(15)7(5)16-8/h4-5,7H,1-3H2,(H,12,13,14). The lowest BCUT2D eigenvalue weighted by atomic mass is 9.90. The maximum absolute atomic E-state index is 11.7. The number of ketones is 1. The minimum atomic E-state index is -0.440. The van der Waals surface area contributed by atoms with Gasteiger partial charge in [-0.2, -0.15) is 0 Å². The number of hydrogen-bond acceptors (Lipinski definition) is 5. The third-order valence-electron chi connectivity index (χ3n) is 2.95. The van der Waals surface area contributed by atoms with E-state index in [-0.39, 0.29) is 17.0 Å². The van der Waals surface area contributed by atoms with Crippen molar-refractivity contribution >= 4 is 23.2 Å². The Kier molecular flexibility index (Phi) is 2.21. The van der Waals surface area contributed by atoms with Crippen molar-refractivity contribution < 1.29 is 9.53 Å². The first kappa shape index (κ1) is 9.84. The normalized spacial score (nSPS) is 27.4. The summed E-state index contributed by atoms with van der Waals surface area (Å²) in [6.07, 6.45) is 3.32. The van der Waals surface area contributed by atoms with E-state index in [1.165, 1.54) is 6.33 Å². The molecule has 1 saturated carbocycles. The lowest BCUT2D eigenvalue weighted by Gasteiger charge is -2.36. The van der Waals surface area contributed by atoms with Gasteiger partial charge in [-0.1, -0.05) is 11.6 Å². The lowest BCUT2D eigenvalue weighted by molar-refractivity contribution is -0.128. The number of carbonyl (C=O) groups excluding carboxylic acids is 1. The van der Waals surface area contributed by atoms with Crippen molar-refractivity contribution in [3.63, 3.8) is 0 Å². The average molecular weight is 240 g/mol. The zero-order valence-electron chi connectivity index (χ0n) is 8.44. The van der Waals surface area contributed by atoms with Gasteiger partial charge in [0.15, 0.2) is 28.6 Å². The molecule has 84 valence electrons. The SMILES string of the molecule is O=C1CCCC2Nc3ncnc(Cl)c3OC12. The fourth-order valence-corrected chi connectivity index (χ4v) is 2.35. The van der Waals surface area contributed by atoms with Gasteiger partial charge in [0.2, 0.25) is 0 Å². The Bertz CT molecular complexity index is 452. The second-order valence-electron chi connectivity index (χ2n) is 3.99. The van der Waals surface area contributed by atoms with E-state index >= 15 is 0 Å². The van der Waals surface area contributed by atoms with E-state index < -0.39 is 6.10 Å². The smallest absolute Gasteiger partial charge is 0.200 e. The maximum atomic E-state index is 11.7. The molecule has 0 aromatic carbocycles. The Balaban J connectivity index is 1.99. The quantitative estimate of drug-likeness (QED) is 0.694. The molecule has 0 spiro atoms. The van der Waals surface area contributed by atoms with E-state index in [0.717, 1.165) is 12.8 Å². The molecule has 1 aromatic heterocycles. The van der Waals surface area contributed by atoms with Gasteiger partial charge in [-0.3, -0.25) is 4.79 Å². The largest absolute Gasteiger partial charge is 0.473 e. The first-order chi connectivity index (χ1) is 7.75. The molecule has 1 aliphatic heterocycles. The van der Waals surface area contributed by atoms with Crippen LogP contribution in [0.5, 0.6) is 5.75 Å². The van der Waals surface area contributed by atoms with Gasteiger partial charge in [-0.25, -0.2) is 9.97 Å². The van der Waals surface area contributed by atoms with E-state index in [2.05, 4.69) is 15.3 Å². The number of halogens is 1. The molecule has 16 heavy (non-hydrogen) atoms. The summed E-state index contributed by atoms with van der Waals surface area (Å²) in [5.74, 6) is 1.09. The van der Waals surface area contributed by atoms with Crippen LogP contribution in [0.1, 0.15) is 19.3 Å². The van der Waals surface area contributed by atoms with Crippen LogP contribution in [0, 0.1) is 0 Å². The van der Waals surface area contributed by atoms with Crippen LogP contribution in [0.2, 0.25) is 5.15 Å². The highest BCUT2D eigenvalue weighted by molar-refractivity contribution is 6.31. The van der Waals surface area contributed by atoms with Crippen LogP contribution in [0.4, 0.5) is 5.82 Å². The van der Waals surface area contributed by atoms with Crippen molar-refractivity contribution in [1.82, 2.24) is 9.97 Å². The van der Waals surface area contributed by atoms with E-state index in [4.69, 9.17) is 16.3 Å². The van der Waals surface area contributed by atoms with E-state index in [1.54, 1.807) is 0 Å². The Morgan fingerprint density at radius 2 is 2.38 bits per heavy atom. The average Bonchev–Trinajstić information content (AvgIpc) is 2.28. The summed E-state index contributed by atoms with van der Waals surface area (Å²) in [6.45, 7) is 0. The van der Waals surface area contributed by atoms with Crippen molar-refractivity contribution in [2.75, 3.05) is 5.32 Å². The second kappa shape index (κ2) is 3.59. The summed E-state index contributed by atoms with van der Waals surface area (Å²) < 4.78 is 5.61. The zero-order valence-corrected chi connectivity index (χ0v) is 9.20. The van der Waals surface area contributed by atoms with Crippen molar-refractivity contribution in [1.29, 1.82) is 0 Å².